The van der Waals surface area contributed by atoms with Crippen LogP contribution in [0.4, 0.5) is 0 Å². The summed E-state index contributed by atoms with van der Waals surface area (Å²) in [5.74, 6) is -0.0950. The van der Waals surface area contributed by atoms with Crippen molar-refractivity contribution in [3.05, 3.63) is 47.1 Å². The number of hydrogen-bond acceptors (Lipinski definition) is 4. The number of carbonyl (C=O) groups excluding carboxylic acids is 1. The van der Waals surface area contributed by atoms with E-state index in [2.05, 4.69) is 13.5 Å². The van der Waals surface area contributed by atoms with E-state index in [1.165, 1.54) is 6.92 Å². The van der Waals surface area contributed by atoms with E-state index < -0.39 is 0 Å². The number of phenolic OH excluding ortho intramolecular Hbond substituents is 2. The van der Waals surface area contributed by atoms with Crippen LogP contribution >= 0.6 is 0 Å². The molecule has 0 amide bonds. The lowest BCUT2D eigenvalue weighted by molar-refractivity contribution is -0.140. The molecule has 0 bridgehead atoms. The minimum atomic E-state index is -0.309. The summed E-state index contributed by atoms with van der Waals surface area (Å²) in [5.41, 5.74) is 3.53. The van der Waals surface area contributed by atoms with Gasteiger partial charge in [0.25, 0.3) is 0 Å². The number of aryl methyl sites for hydroxylation is 1. The van der Waals surface area contributed by atoms with Gasteiger partial charge in [-0.3, -0.25) is 4.79 Å². The van der Waals surface area contributed by atoms with Crippen molar-refractivity contribution in [1.29, 1.82) is 0 Å². The molecule has 0 fully saturated rings. The van der Waals surface area contributed by atoms with Gasteiger partial charge in [-0.2, -0.15) is 0 Å². The number of phenols is 2. The number of hydrogen-bond donors (Lipinski definition) is 2. The number of benzene rings is 1. The van der Waals surface area contributed by atoms with Crippen LogP contribution in [-0.4, -0.2) is 22.8 Å². The fraction of sp³-hybridized carbons (Fsp3) is 0.522. The topological polar surface area (TPSA) is 66.8 Å². The number of unbranched alkanes of at least 4 members (excludes halogenated alkanes) is 2. The van der Waals surface area contributed by atoms with Crippen LogP contribution in [-0.2, 0) is 16.0 Å². The highest BCUT2D eigenvalue weighted by Gasteiger charge is 2.31. The molecule has 1 aromatic carbocycles. The fourth-order valence-corrected chi connectivity index (χ4v) is 3.87. The lowest BCUT2D eigenvalue weighted by Gasteiger charge is -2.32. The fourth-order valence-electron chi connectivity index (χ4n) is 3.87. The van der Waals surface area contributed by atoms with Gasteiger partial charge in [-0.15, -0.1) is 0 Å². The number of allylic oxidation sites excluding steroid dienone is 2. The van der Waals surface area contributed by atoms with Crippen LogP contribution in [0.15, 0.2) is 35.9 Å². The lowest BCUT2D eigenvalue weighted by Crippen LogP contribution is -2.19. The van der Waals surface area contributed by atoms with Gasteiger partial charge in [0.1, 0.15) is 18.1 Å². The van der Waals surface area contributed by atoms with Crippen LogP contribution in [0.25, 0.3) is 0 Å². The lowest BCUT2D eigenvalue weighted by atomic mass is 9.73. The molecule has 27 heavy (non-hydrogen) atoms. The molecule has 4 heteroatoms. The Kier molecular flexibility index (Phi) is 7.52. The van der Waals surface area contributed by atoms with E-state index in [1.807, 2.05) is 13.0 Å². The van der Waals surface area contributed by atoms with E-state index >= 15 is 0 Å². The molecular formula is C23H32O4. The molecule has 0 aromatic heterocycles. The zero-order chi connectivity index (χ0) is 20.0. The summed E-state index contributed by atoms with van der Waals surface area (Å²) in [6.45, 7) is 9.89. The summed E-state index contributed by atoms with van der Waals surface area (Å²) < 4.78 is 5.14. The van der Waals surface area contributed by atoms with Gasteiger partial charge in [0, 0.05) is 18.4 Å². The molecule has 1 aliphatic rings. The highest BCUT2D eigenvalue weighted by Crippen LogP contribution is 2.46. The molecule has 2 atom stereocenters. The molecule has 0 radical (unpaired) electrons. The van der Waals surface area contributed by atoms with E-state index in [4.69, 9.17) is 4.74 Å². The van der Waals surface area contributed by atoms with E-state index in [1.54, 1.807) is 12.1 Å². The largest absolute Gasteiger partial charge is 0.507 e. The Labute approximate surface area is 162 Å². The minimum absolute atomic E-state index is 0.128. The average Bonchev–Trinajstić information content (AvgIpc) is 2.59. The smallest absolute Gasteiger partial charge is 0.302 e. The van der Waals surface area contributed by atoms with Crippen LogP contribution in [0, 0.1) is 5.92 Å². The van der Waals surface area contributed by atoms with Crippen LogP contribution in [0.5, 0.6) is 11.5 Å². The number of rotatable bonds is 8. The molecule has 0 saturated carbocycles. The number of aromatic hydroxyl groups is 2. The predicted molar refractivity (Wildman–Crippen MR) is 108 cm³/mol. The third-order valence-electron chi connectivity index (χ3n) is 5.32. The Morgan fingerprint density at radius 1 is 1.22 bits per heavy atom. The van der Waals surface area contributed by atoms with Crippen molar-refractivity contribution in [1.82, 2.24) is 0 Å². The molecule has 0 saturated heterocycles. The van der Waals surface area contributed by atoms with Crippen molar-refractivity contribution in [3.63, 3.8) is 0 Å². The third kappa shape index (κ3) is 5.62. The normalized spacial score (nSPS) is 19.4. The van der Waals surface area contributed by atoms with Gasteiger partial charge in [0.2, 0.25) is 0 Å². The van der Waals surface area contributed by atoms with E-state index in [0.717, 1.165) is 55.2 Å². The Bertz CT molecular complexity index is 694. The van der Waals surface area contributed by atoms with Gasteiger partial charge in [0.15, 0.2) is 0 Å². The van der Waals surface area contributed by atoms with Gasteiger partial charge >= 0.3 is 5.97 Å². The molecular weight excluding hydrogens is 340 g/mol. The van der Waals surface area contributed by atoms with Crippen molar-refractivity contribution >= 4 is 5.97 Å². The Hall–Kier alpha value is -2.23. The van der Waals surface area contributed by atoms with Crippen molar-refractivity contribution < 1.29 is 19.7 Å². The maximum absolute atomic E-state index is 11.1. The highest BCUT2D eigenvalue weighted by molar-refractivity contribution is 5.66. The second kappa shape index (κ2) is 9.63. The Balaban J connectivity index is 2.33. The van der Waals surface area contributed by atoms with Crippen LogP contribution in [0.3, 0.4) is 0 Å². The summed E-state index contributed by atoms with van der Waals surface area (Å²) in [5, 5.41) is 21.4. The van der Waals surface area contributed by atoms with Gasteiger partial charge < -0.3 is 14.9 Å². The van der Waals surface area contributed by atoms with E-state index in [-0.39, 0.29) is 35.9 Å². The molecule has 2 rings (SSSR count). The van der Waals surface area contributed by atoms with Crippen molar-refractivity contribution in [2.45, 2.75) is 65.2 Å². The summed E-state index contributed by atoms with van der Waals surface area (Å²) in [6.07, 6.45) is 7.84. The molecule has 1 aromatic rings. The standard InChI is InChI=1S/C23H32O4/c1-5-6-7-8-17-12-21(25)23(22(26)13-17)20-11-18(14-27-16(4)24)9-10-19(20)15(2)3/h11-13,19-20,25-26H,2,5-10,14H2,1,3-4H3/t19-,20+/m1/s1. The van der Waals surface area contributed by atoms with Gasteiger partial charge in [-0.25, -0.2) is 0 Å². The number of ether oxygens (including phenoxy) is 1. The van der Waals surface area contributed by atoms with Crippen molar-refractivity contribution in [2.24, 2.45) is 5.92 Å². The van der Waals surface area contributed by atoms with Gasteiger partial charge in [-0.1, -0.05) is 38.0 Å². The predicted octanol–water partition coefficient (Wildman–Crippen LogP) is 5.39. The van der Waals surface area contributed by atoms with Crippen molar-refractivity contribution in [3.8, 4) is 11.5 Å². The second-order valence-corrected chi connectivity index (χ2v) is 7.63. The number of carbonyl (C=O) groups is 1. The molecule has 148 valence electrons. The highest BCUT2D eigenvalue weighted by atomic mass is 16.5. The first-order valence-electron chi connectivity index (χ1n) is 9.86. The van der Waals surface area contributed by atoms with Crippen LogP contribution < -0.4 is 0 Å². The van der Waals surface area contributed by atoms with Crippen molar-refractivity contribution in [2.75, 3.05) is 6.61 Å². The summed E-state index contributed by atoms with van der Waals surface area (Å²) in [6, 6.07) is 3.54. The van der Waals surface area contributed by atoms with Gasteiger partial charge in [-0.05, 0) is 61.8 Å². The average molecular weight is 373 g/mol. The molecule has 0 aliphatic heterocycles. The zero-order valence-electron chi connectivity index (χ0n) is 16.8. The Morgan fingerprint density at radius 2 is 1.89 bits per heavy atom. The first kappa shape index (κ1) is 21.1. The first-order chi connectivity index (χ1) is 12.8. The van der Waals surface area contributed by atoms with E-state index in [0.29, 0.717) is 5.56 Å². The van der Waals surface area contributed by atoms with Crippen LogP contribution in [0.2, 0.25) is 0 Å². The maximum Gasteiger partial charge on any atom is 0.302 e. The molecule has 2 N–H and O–H groups in total. The quantitative estimate of drug-likeness (QED) is 0.365. The third-order valence-corrected chi connectivity index (χ3v) is 5.32. The Morgan fingerprint density at radius 3 is 2.44 bits per heavy atom. The summed E-state index contributed by atoms with van der Waals surface area (Å²) >= 11 is 0. The minimum Gasteiger partial charge on any atom is -0.507 e. The maximum atomic E-state index is 11.1. The van der Waals surface area contributed by atoms with Gasteiger partial charge in [0.05, 0.1) is 0 Å². The molecule has 0 unspecified atom stereocenters. The first-order valence-corrected chi connectivity index (χ1v) is 9.86. The molecule has 1 aliphatic carbocycles. The summed E-state index contributed by atoms with van der Waals surface area (Å²) in [7, 11) is 0. The summed E-state index contributed by atoms with van der Waals surface area (Å²) in [4.78, 5) is 11.1. The molecule has 4 nitrogen and oxygen atoms in total. The second-order valence-electron chi connectivity index (χ2n) is 7.63. The van der Waals surface area contributed by atoms with Crippen LogP contribution in [0.1, 0.15) is 69.9 Å². The van der Waals surface area contributed by atoms with E-state index in [9.17, 15) is 15.0 Å². The zero-order valence-corrected chi connectivity index (χ0v) is 16.8. The monoisotopic (exact) mass is 372 g/mol. The number of esters is 1. The molecule has 0 heterocycles. The molecule has 0 spiro atoms. The SMILES string of the molecule is C=C(C)[C@H]1CCC(COC(C)=O)=C[C@@H]1c1c(O)cc(CCCCC)cc1O.